The molecular weight excluding hydrogens is 566 g/mol. The minimum atomic E-state index is -4.12. The lowest BCUT2D eigenvalue weighted by atomic mass is 10.1. The number of hydrogen-bond donors (Lipinski definition) is 1. The lowest BCUT2D eigenvalue weighted by molar-refractivity contribution is -0.139. The summed E-state index contributed by atoms with van der Waals surface area (Å²) in [6.45, 7) is 3.13. The topological polar surface area (TPSA) is 86.8 Å². The number of halogens is 2. The van der Waals surface area contributed by atoms with Gasteiger partial charge in [0.25, 0.3) is 10.0 Å². The molecule has 0 aliphatic rings. The maximum absolute atomic E-state index is 13.7. The minimum Gasteiger partial charge on any atom is -0.357 e. The molecule has 0 saturated heterocycles. The zero-order valence-corrected chi connectivity index (χ0v) is 23.3. The van der Waals surface area contributed by atoms with Crippen molar-refractivity contribution in [3.63, 3.8) is 0 Å². The first kappa shape index (κ1) is 27.7. The molecule has 0 fully saturated rings. The molecule has 3 rings (SSSR count). The van der Waals surface area contributed by atoms with E-state index < -0.39 is 28.5 Å². The standard InChI is InChI=1S/C26H27BrClN3O4S/c1-18-4-12-23(13-5-18)31(36(34,35)24-14-10-22(28)11-15-24)17-25(32)30(19(2)26(33)29-3)16-20-6-8-21(27)9-7-20/h4-15,19H,16-17H2,1-3H3,(H,29,33)/t19-/m0/s1. The van der Waals surface area contributed by atoms with E-state index in [1.807, 2.05) is 31.2 Å². The molecule has 0 aliphatic heterocycles. The number of sulfonamides is 1. The summed E-state index contributed by atoms with van der Waals surface area (Å²) in [7, 11) is -2.63. The van der Waals surface area contributed by atoms with Crippen LogP contribution in [0.25, 0.3) is 0 Å². The van der Waals surface area contributed by atoms with Gasteiger partial charge in [0.15, 0.2) is 0 Å². The predicted molar refractivity (Wildman–Crippen MR) is 145 cm³/mol. The van der Waals surface area contributed by atoms with Gasteiger partial charge in [-0.25, -0.2) is 8.42 Å². The smallest absolute Gasteiger partial charge is 0.264 e. The van der Waals surface area contributed by atoms with Crippen molar-refractivity contribution in [3.05, 3.63) is 93.4 Å². The fourth-order valence-electron chi connectivity index (χ4n) is 3.55. The van der Waals surface area contributed by atoms with E-state index in [2.05, 4.69) is 21.2 Å². The van der Waals surface area contributed by atoms with Crippen molar-refractivity contribution in [3.8, 4) is 0 Å². The van der Waals surface area contributed by atoms with Gasteiger partial charge in [-0.3, -0.25) is 13.9 Å². The van der Waals surface area contributed by atoms with Crippen molar-refractivity contribution in [1.82, 2.24) is 10.2 Å². The average molecular weight is 593 g/mol. The Morgan fingerprint density at radius 3 is 2.11 bits per heavy atom. The number of carbonyl (C=O) groups is 2. The van der Waals surface area contributed by atoms with E-state index in [1.165, 1.54) is 36.2 Å². The van der Waals surface area contributed by atoms with Crippen LogP contribution in [0.2, 0.25) is 5.02 Å². The van der Waals surface area contributed by atoms with Crippen LogP contribution in [0.1, 0.15) is 18.1 Å². The number of likely N-dealkylation sites (N-methyl/N-ethyl adjacent to an activating group) is 1. The maximum atomic E-state index is 13.7. The first-order chi connectivity index (χ1) is 17.0. The van der Waals surface area contributed by atoms with E-state index in [-0.39, 0.29) is 17.3 Å². The quantitative estimate of drug-likeness (QED) is 0.388. The van der Waals surface area contributed by atoms with Crippen LogP contribution < -0.4 is 9.62 Å². The Labute approximate surface area is 225 Å². The molecule has 3 aromatic carbocycles. The Kier molecular flexibility index (Phi) is 9.16. The number of hydrogen-bond acceptors (Lipinski definition) is 4. The predicted octanol–water partition coefficient (Wildman–Crippen LogP) is 4.77. The highest BCUT2D eigenvalue weighted by Gasteiger charge is 2.32. The van der Waals surface area contributed by atoms with E-state index in [4.69, 9.17) is 11.6 Å². The first-order valence-electron chi connectivity index (χ1n) is 11.1. The first-order valence-corrected chi connectivity index (χ1v) is 13.7. The number of anilines is 1. The SMILES string of the molecule is CNC(=O)[C@H](C)N(Cc1ccc(Br)cc1)C(=O)CN(c1ccc(C)cc1)S(=O)(=O)c1ccc(Cl)cc1. The van der Waals surface area contributed by atoms with Crippen LogP contribution in [0.4, 0.5) is 5.69 Å². The summed E-state index contributed by atoms with van der Waals surface area (Å²) >= 11 is 9.35. The Balaban J connectivity index is 2.01. The van der Waals surface area contributed by atoms with Gasteiger partial charge in [0.1, 0.15) is 12.6 Å². The third-order valence-corrected chi connectivity index (χ3v) is 8.25. The second-order valence-electron chi connectivity index (χ2n) is 8.24. The molecular formula is C26H27BrClN3O4S. The van der Waals surface area contributed by atoms with Crippen LogP contribution >= 0.6 is 27.5 Å². The normalized spacial score (nSPS) is 12.0. The summed E-state index contributed by atoms with van der Waals surface area (Å²) in [5.41, 5.74) is 2.07. The van der Waals surface area contributed by atoms with E-state index in [0.29, 0.717) is 10.7 Å². The molecule has 1 N–H and O–H groups in total. The molecule has 10 heteroatoms. The van der Waals surface area contributed by atoms with Gasteiger partial charge in [0.05, 0.1) is 10.6 Å². The van der Waals surface area contributed by atoms with Crippen LogP contribution in [0.15, 0.2) is 82.2 Å². The van der Waals surface area contributed by atoms with E-state index in [1.54, 1.807) is 31.2 Å². The number of rotatable bonds is 9. The van der Waals surface area contributed by atoms with Crippen molar-refractivity contribution in [1.29, 1.82) is 0 Å². The number of carbonyl (C=O) groups excluding carboxylic acids is 2. The van der Waals surface area contributed by atoms with Crippen molar-refractivity contribution in [2.75, 3.05) is 17.9 Å². The van der Waals surface area contributed by atoms with Gasteiger partial charge in [0.2, 0.25) is 11.8 Å². The van der Waals surface area contributed by atoms with E-state index in [9.17, 15) is 18.0 Å². The third kappa shape index (κ3) is 6.66. The maximum Gasteiger partial charge on any atom is 0.264 e. The van der Waals surface area contributed by atoms with Crippen LogP contribution in [0, 0.1) is 6.92 Å². The summed E-state index contributed by atoms with van der Waals surface area (Å²) in [5.74, 6) is -0.880. The summed E-state index contributed by atoms with van der Waals surface area (Å²) in [5, 5.41) is 2.96. The molecule has 0 heterocycles. The Bertz CT molecular complexity index is 1310. The zero-order valence-electron chi connectivity index (χ0n) is 20.1. The molecule has 36 heavy (non-hydrogen) atoms. The number of nitrogens with zero attached hydrogens (tertiary/aromatic N) is 2. The fraction of sp³-hybridized carbons (Fsp3) is 0.231. The monoisotopic (exact) mass is 591 g/mol. The summed E-state index contributed by atoms with van der Waals surface area (Å²) in [6.07, 6.45) is 0. The fourth-order valence-corrected chi connectivity index (χ4v) is 5.36. The van der Waals surface area contributed by atoms with Crippen LogP contribution in [-0.4, -0.2) is 44.8 Å². The molecule has 0 spiro atoms. The van der Waals surface area contributed by atoms with Crippen LogP contribution in [0.5, 0.6) is 0 Å². The van der Waals surface area contributed by atoms with Gasteiger partial charge < -0.3 is 10.2 Å². The van der Waals surface area contributed by atoms with Crippen molar-refractivity contribution >= 4 is 55.1 Å². The zero-order chi connectivity index (χ0) is 26.5. The van der Waals surface area contributed by atoms with Crippen molar-refractivity contribution < 1.29 is 18.0 Å². The molecule has 0 aliphatic carbocycles. The second-order valence-corrected chi connectivity index (χ2v) is 11.5. The molecule has 0 bridgehead atoms. The molecule has 1 atom stereocenters. The number of amides is 2. The summed E-state index contributed by atoms with van der Waals surface area (Å²) < 4.78 is 29.3. The minimum absolute atomic E-state index is 0.000848. The van der Waals surface area contributed by atoms with Gasteiger partial charge >= 0.3 is 0 Å². The molecule has 0 unspecified atom stereocenters. The number of aryl methyl sites for hydroxylation is 1. The largest absolute Gasteiger partial charge is 0.357 e. The van der Waals surface area contributed by atoms with Gasteiger partial charge in [-0.05, 0) is 67.9 Å². The molecule has 3 aromatic rings. The summed E-state index contributed by atoms with van der Waals surface area (Å²) in [6, 6.07) is 19.1. The Morgan fingerprint density at radius 2 is 1.56 bits per heavy atom. The summed E-state index contributed by atoms with van der Waals surface area (Å²) in [4.78, 5) is 27.5. The molecule has 0 saturated carbocycles. The van der Waals surface area contributed by atoms with Crippen LogP contribution in [-0.2, 0) is 26.2 Å². The highest BCUT2D eigenvalue weighted by molar-refractivity contribution is 9.10. The third-order valence-electron chi connectivity index (χ3n) is 5.68. The highest BCUT2D eigenvalue weighted by Crippen LogP contribution is 2.26. The second kappa shape index (κ2) is 11.9. The number of benzene rings is 3. The van der Waals surface area contributed by atoms with Gasteiger partial charge in [-0.1, -0.05) is 57.4 Å². The van der Waals surface area contributed by atoms with Crippen LogP contribution in [0.3, 0.4) is 0 Å². The Hall–Kier alpha value is -2.88. The average Bonchev–Trinajstić information content (AvgIpc) is 2.86. The molecule has 2 amide bonds. The van der Waals surface area contributed by atoms with Gasteiger partial charge in [0, 0.05) is 23.1 Å². The molecule has 0 radical (unpaired) electrons. The molecule has 0 aromatic heterocycles. The Morgan fingerprint density at radius 1 is 0.972 bits per heavy atom. The van der Waals surface area contributed by atoms with Crippen molar-refractivity contribution in [2.45, 2.75) is 31.3 Å². The van der Waals surface area contributed by atoms with E-state index >= 15 is 0 Å². The van der Waals surface area contributed by atoms with Gasteiger partial charge in [-0.15, -0.1) is 0 Å². The lowest BCUT2D eigenvalue weighted by Crippen LogP contribution is -2.50. The molecule has 190 valence electrons. The van der Waals surface area contributed by atoms with Crippen molar-refractivity contribution in [2.24, 2.45) is 0 Å². The molecule has 7 nitrogen and oxygen atoms in total. The number of nitrogens with one attached hydrogen (secondary N) is 1. The van der Waals surface area contributed by atoms with Gasteiger partial charge in [-0.2, -0.15) is 0 Å². The van der Waals surface area contributed by atoms with E-state index in [0.717, 1.165) is 19.9 Å². The lowest BCUT2D eigenvalue weighted by Gasteiger charge is -2.31. The highest BCUT2D eigenvalue weighted by atomic mass is 79.9.